The fourth-order valence-corrected chi connectivity index (χ4v) is 3.63. The lowest BCUT2D eigenvalue weighted by Crippen LogP contribution is -2.19. The molecule has 0 aliphatic carbocycles. The molecule has 0 unspecified atom stereocenters. The predicted molar refractivity (Wildman–Crippen MR) is 118 cm³/mol. The number of benzene rings is 2. The van der Waals surface area contributed by atoms with Crippen LogP contribution in [0.2, 0.25) is 0 Å². The fraction of sp³-hybridized carbons (Fsp3) is 0. The minimum absolute atomic E-state index is 0.0163. The van der Waals surface area contributed by atoms with Crippen molar-refractivity contribution in [1.82, 2.24) is 9.97 Å². The second-order valence-corrected chi connectivity index (χ2v) is 8.62. The van der Waals surface area contributed by atoms with E-state index in [1.807, 2.05) is 24.3 Å². The average Bonchev–Trinajstić information content (AvgIpc) is 2.64. The fourth-order valence-electron chi connectivity index (χ4n) is 2.07. The molecule has 0 radical (unpaired) electrons. The van der Waals surface area contributed by atoms with Gasteiger partial charge in [0.25, 0.3) is 10.0 Å². The molecule has 27 heavy (non-hydrogen) atoms. The summed E-state index contributed by atoms with van der Waals surface area (Å²) in [6, 6.07) is 15.6. The molecule has 0 aliphatic heterocycles. The smallest absolute Gasteiger partial charge is 0.264 e. The van der Waals surface area contributed by atoms with Gasteiger partial charge in [-0.3, -0.25) is 0 Å². The van der Waals surface area contributed by atoms with Gasteiger partial charge >= 0.3 is 0 Å². The summed E-state index contributed by atoms with van der Waals surface area (Å²) in [5.41, 5.74) is 1.52. The minimum Gasteiger partial charge on any atom is -0.332 e. The molecule has 0 atom stereocenters. The van der Waals surface area contributed by atoms with Crippen molar-refractivity contribution in [2.24, 2.45) is 0 Å². The quantitative estimate of drug-likeness (QED) is 0.355. The standard InChI is InChI=1S/C17H14IN5O2S2/c18-12-2-4-13(5-3-12)21-17(26)22-14-6-8-15(9-7-14)27(24,25)23-16-19-10-1-11-20-16/h1-11H,(H,19,20,23)(H2,21,22,26). The molecule has 0 saturated carbocycles. The van der Waals surface area contributed by atoms with E-state index in [1.165, 1.54) is 24.5 Å². The third-order valence-electron chi connectivity index (χ3n) is 3.32. The summed E-state index contributed by atoms with van der Waals surface area (Å²) in [6.07, 6.45) is 2.92. The minimum atomic E-state index is -3.76. The molecule has 3 rings (SSSR count). The molecule has 3 aromatic rings. The number of nitrogens with zero attached hydrogens (tertiary/aromatic N) is 2. The van der Waals surface area contributed by atoms with Crippen LogP contribution in [0.25, 0.3) is 0 Å². The van der Waals surface area contributed by atoms with E-state index in [0.29, 0.717) is 10.8 Å². The van der Waals surface area contributed by atoms with E-state index < -0.39 is 10.0 Å². The van der Waals surface area contributed by atoms with Crippen molar-refractivity contribution in [3.63, 3.8) is 0 Å². The van der Waals surface area contributed by atoms with Crippen molar-refractivity contribution in [3.05, 3.63) is 70.6 Å². The van der Waals surface area contributed by atoms with Crippen LogP contribution in [0.3, 0.4) is 0 Å². The number of thiocarbonyl (C=S) groups is 1. The van der Waals surface area contributed by atoms with Gasteiger partial charge in [0.15, 0.2) is 5.11 Å². The van der Waals surface area contributed by atoms with E-state index in [2.05, 4.69) is 47.9 Å². The van der Waals surface area contributed by atoms with Crippen molar-refractivity contribution in [1.29, 1.82) is 0 Å². The van der Waals surface area contributed by atoms with E-state index >= 15 is 0 Å². The Kier molecular flexibility index (Phi) is 6.19. The van der Waals surface area contributed by atoms with Crippen molar-refractivity contribution in [2.75, 3.05) is 15.4 Å². The van der Waals surface area contributed by atoms with Gasteiger partial charge in [-0.15, -0.1) is 0 Å². The highest BCUT2D eigenvalue weighted by atomic mass is 127. The van der Waals surface area contributed by atoms with E-state index in [1.54, 1.807) is 18.2 Å². The van der Waals surface area contributed by atoms with E-state index in [-0.39, 0.29) is 10.8 Å². The molecule has 1 heterocycles. The molecule has 0 saturated heterocycles. The first-order chi connectivity index (χ1) is 12.9. The molecule has 7 nitrogen and oxygen atoms in total. The topological polar surface area (TPSA) is 96.0 Å². The van der Waals surface area contributed by atoms with Crippen LogP contribution in [0.15, 0.2) is 71.9 Å². The van der Waals surface area contributed by atoms with Crippen molar-refractivity contribution >= 4 is 67.3 Å². The number of anilines is 3. The largest absolute Gasteiger partial charge is 0.332 e. The van der Waals surface area contributed by atoms with Gasteiger partial charge in [0.1, 0.15) is 0 Å². The maximum atomic E-state index is 12.4. The third kappa shape index (κ3) is 5.58. The summed E-state index contributed by atoms with van der Waals surface area (Å²) in [5, 5.41) is 6.48. The molecule has 3 N–H and O–H groups in total. The highest BCUT2D eigenvalue weighted by molar-refractivity contribution is 14.1. The molecule has 0 bridgehead atoms. The SMILES string of the molecule is O=S(=O)(Nc1ncccn1)c1ccc(NC(=S)Nc2ccc(I)cc2)cc1. The highest BCUT2D eigenvalue weighted by Crippen LogP contribution is 2.17. The van der Waals surface area contributed by atoms with E-state index in [9.17, 15) is 8.42 Å². The second kappa shape index (κ2) is 8.59. The lowest BCUT2D eigenvalue weighted by Gasteiger charge is -2.11. The van der Waals surface area contributed by atoms with Gasteiger partial charge < -0.3 is 10.6 Å². The summed E-state index contributed by atoms with van der Waals surface area (Å²) in [4.78, 5) is 7.80. The molecule has 0 aliphatic rings. The maximum Gasteiger partial charge on any atom is 0.264 e. The van der Waals surface area contributed by atoms with Crippen LogP contribution >= 0.6 is 34.8 Å². The lowest BCUT2D eigenvalue weighted by molar-refractivity contribution is 0.601. The molecule has 2 aromatic carbocycles. The zero-order valence-electron chi connectivity index (χ0n) is 13.8. The molecular formula is C17H14IN5O2S2. The van der Waals surface area contributed by atoms with Crippen LogP contribution in [0.4, 0.5) is 17.3 Å². The van der Waals surface area contributed by atoms with Crippen LogP contribution in [-0.2, 0) is 10.0 Å². The van der Waals surface area contributed by atoms with Crippen LogP contribution < -0.4 is 15.4 Å². The Morgan fingerprint density at radius 3 is 1.96 bits per heavy atom. The molecule has 0 amide bonds. The van der Waals surface area contributed by atoms with Crippen LogP contribution in [0.1, 0.15) is 0 Å². The van der Waals surface area contributed by atoms with Gasteiger partial charge in [-0.2, -0.15) is 0 Å². The summed E-state index contributed by atoms with van der Waals surface area (Å²) >= 11 is 7.50. The Hall–Kier alpha value is -2.31. The first kappa shape index (κ1) is 19.5. The molecule has 10 heteroatoms. The maximum absolute atomic E-state index is 12.4. The summed E-state index contributed by atoms with van der Waals surface area (Å²) in [6.45, 7) is 0. The summed E-state index contributed by atoms with van der Waals surface area (Å²) in [7, 11) is -3.76. The van der Waals surface area contributed by atoms with Gasteiger partial charge in [0.05, 0.1) is 4.90 Å². The monoisotopic (exact) mass is 511 g/mol. The molecule has 1 aromatic heterocycles. The average molecular weight is 511 g/mol. The van der Waals surface area contributed by atoms with Crippen molar-refractivity contribution < 1.29 is 8.42 Å². The number of hydrogen-bond donors (Lipinski definition) is 3. The Labute approximate surface area is 175 Å². The Morgan fingerprint density at radius 1 is 0.889 bits per heavy atom. The molecule has 0 spiro atoms. The van der Waals surface area contributed by atoms with Crippen LogP contribution in [-0.4, -0.2) is 23.5 Å². The van der Waals surface area contributed by atoms with E-state index in [4.69, 9.17) is 12.2 Å². The van der Waals surface area contributed by atoms with Gasteiger partial charge in [-0.1, -0.05) is 0 Å². The zero-order valence-corrected chi connectivity index (χ0v) is 17.5. The number of sulfonamides is 1. The van der Waals surface area contributed by atoms with E-state index in [0.717, 1.165) is 9.26 Å². The van der Waals surface area contributed by atoms with Gasteiger partial charge in [-0.25, -0.2) is 23.1 Å². The predicted octanol–water partition coefficient (Wildman–Crippen LogP) is 3.69. The Morgan fingerprint density at radius 2 is 1.41 bits per heavy atom. The van der Waals surface area contributed by atoms with Crippen LogP contribution in [0.5, 0.6) is 0 Å². The number of aromatic nitrogens is 2. The van der Waals surface area contributed by atoms with Gasteiger partial charge in [0.2, 0.25) is 5.95 Å². The molecule has 0 fully saturated rings. The zero-order chi connectivity index (χ0) is 19.3. The Bertz CT molecular complexity index is 1030. The molecular weight excluding hydrogens is 497 g/mol. The first-order valence-electron chi connectivity index (χ1n) is 7.66. The molecule has 138 valence electrons. The first-order valence-corrected chi connectivity index (χ1v) is 10.6. The normalized spacial score (nSPS) is 10.9. The highest BCUT2D eigenvalue weighted by Gasteiger charge is 2.15. The number of hydrogen-bond acceptors (Lipinski definition) is 5. The van der Waals surface area contributed by atoms with Gasteiger partial charge in [-0.05, 0) is 89.4 Å². The van der Waals surface area contributed by atoms with Crippen molar-refractivity contribution in [3.8, 4) is 0 Å². The second-order valence-electron chi connectivity index (χ2n) is 5.29. The van der Waals surface area contributed by atoms with Gasteiger partial charge in [0, 0.05) is 27.3 Å². The van der Waals surface area contributed by atoms with Crippen LogP contribution in [0, 0.1) is 3.57 Å². The number of nitrogens with one attached hydrogen (secondary N) is 3. The number of halogens is 1. The third-order valence-corrected chi connectivity index (χ3v) is 5.58. The Balaban J connectivity index is 1.64. The summed E-state index contributed by atoms with van der Waals surface area (Å²) < 4.78 is 28.2. The van der Waals surface area contributed by atoms with Crippen molar-refractivity contribution in [2.45, 2.75) is 4.90 Å². The number of rotatable bonds is 5. The lowest BCUT2D eigenvalue weighted by atomic mass is 10.3. The summed E-state index contributed by atoms with van der Waals surface area (Å²) in [5.74, 6) is 0.0163.